The fraction of sp³-hybridized carbons (Fsp3) is 0.385. The normalized spacial score (nSPS) is 14.6. The van der Waals surface area contributed by atoms with Crippen LogP contribution in [0.1, 0.15) is 31.4 Å². The van der Waals surface area contributed by atoms with Gasteiger partial charge in [0.2, 0.25) is 5.69 Å². The van der Waals surface area contributed by atoms with Crippen LogP contribution in [0.5, 0.6) is 17.4 Å². The maximum Gasteiger partial charge on any atom is 0.325 e. The lowest BCUT2D eigenvalue weighted by molar-refractivity contribution is -0.165. The first-order valence-corrected chi connectivity index (χ1v) is 12.0. The average molecular weight is 510 g/mol. The number of carbonyl (C=O) groups is 1. The molecule has 2 amide bonds. The number of nitrogens with one attached hydrogen (secondary N) is 2. The lowest BCUT2D eigenvalue weighted by atomic mass is 10.2. The van der Waals surface area contributed by atoms with Crippen LogP contribution in [0.15, 0.2) is 49.7 Å². The molecule has 1 unspecified atom stereocenters. The topological polar surface area (TPSA) is 137 Å². The second-order valence-corrected chi connectivity index (χ2v) is 7.80. The predicted octanol–water partition coefficient (Wildman–Crippen LogP) is 4.43. The van der Waals surface area contributed by atoms with E-state index < -0.39 is 6.03 Å². The predicted molar refractivity (Wildman–Crippen MR) is 137 cm³/mol. The summed E-state index contributed by atoms with van der Waals surface area (Å²) in [6.07, 6.45) is 7.95. The molecule has 1 atom stereocenters. The van der Waals surface area contributed by atoms with Crippen LogP contribution in [0.25, 0.3) is 0 Å². The van der Waals surface area contributed by atoms with Crippen molar-refractivity contribution in [2.45, 2.75) is 32.0 Å². The van der Waals surface area contributed by atoms with Gasteiger partial charge in [0.15, 0.2) is 12.1 Å². The van der Waals surface area contributed by atoms with Gasteiger partial charge in [-0.3, -0.25) is 5.32 Å². The van der Waals surface area contributed by atoms with E-state index in [2.05, 4.69) is 33.8 Å². The first-order chi connectivity index (χ1) is 18.1. The molecule has 1 aromatic heterocycles. The number of aromatic nitrogens is 2. The zero-order valence-electron chi connectivity index (χ0n) is 20.6. The van der Waals surface area contributed by atoms with Gasteiger partial charge in [-0.05, 0) is 37.8 Å². The molecule has 0 saturated carbocycles. The van der Waals surface area contributed by atoms with Crippen LogP contribution >= 0.6 is 0 Å². The first kappa shape index (κ1) is 27.4. The summed E-state index contributed by atoms with van der Waals surface area (Å²) >= 11 is 0. The SMILES string of the molecule is C=CCCOc1nc(NC(=O)Nc2cc(OCCOC3CCCCO3)ccc2OCC=C)cnc1C#N. The van der Waals surface area contributed by atoms with Crippen molar-refractivity contribution < 1.29 is 28.5 Å². The van der Waals surface area contributed by atoms with E-state index in [-0.39, 0.29) is 36.9 Å². The summed E-state index contributed by atoms with van der Waals surface area (Å²) in [4.78, 5) is 20.9. The quantitative estimate of drug-likeness (QED) is 0.280. The molecule has 11 heteroatoms. The summed E-state index contributed by atoms with van der Waals surface area (Å²) in [5.41, 5.74) is 0.386. The highest BCUT2D eigenvalue weighted by Crippen LogP contribution is 2.30. The number of anilines is 2. The van der Waals surface area contributed by atoms with Gasteiger partial charge in [0.1, 0.15) is 30.8 Å². The number of hydrogen-bond donors (Lipinski definition) is 2. The van der Waals surface area contributed by atoms with Crippen molar-refractivity contribution in [1.82, 2.24) is 9.97 Å². The van der Waals surface area contributed by atoms with E-state index in [1.54, 1.807) is 30.4 Å². The lowest BCUT2D eigenvalue weighted by Crippen LogP contribution is -2.24. The molecule has 11 nitrogen and oxygen atoms in total. The van der Waals surface area contributed by atoms with E-state index in [0.717, 1.165) is 19.3 Å². The Bertz CT molecular complexity index is 1100. The van der Waals surface area contributed by atoms with Crippen LogP contribution in [0.4, 0.5) is 16.3 Å². The molecule has 2 aromatic rings. The Morgan fingerprint density at radius 2 is 2.05 bits per heavy atom. The monoisotopic (exact) mass is 509 g/mol. The minimum atomic E-state index is -0.602. The number of amides is 2. The number of carbonyl (C=O) groups excluding carboxylic acids is 1. The summed E-state index contributed by atoms with van der Waals surface area (Å²) in [6, 6.07) is 6.37. The number of hydrogen-bond acceptors (Lipinski definition) is 9. The summed E-state index contributed by atoms with van der Waals surface area (Å²) < 4.78 is 28.1. The molecule has 1 fully saturated rings. The molecule has 2 heterocycles. The highest BCUT2D eigenvalue weighted by molar-refractivity contribution is 6.00. The molecule has 3 rings (SSSR count). The lowest BCUT2D eigenvalue weighted by Gasteiger charge is -2.22. The van der Waals surface area contributed by atoms with Gasteiger partial charge in [-0.15, -0.1) is 6.58 Å². The number of nitriles is 1. The third-order valence-corrected chi connectivity index (χ3v) is 5.00. The number of nitrogens with zero attached hydrogens (tertiary/aromatic N) is 3. The van der Waals surface area contributed by atoms with Gasteiger partial charge in [-0.1, -0.05) is 18.7 Å². The third kappa shape index (κ3) is 9.10. The standard InChI is InChI=1S/C26H31N5O6/c1-3-5-12-37-25-21(17-27)28-18-23(30-25)31-26(32)29-20-16-19(9-10-22(20)34-11-4-2)33-14-15-36-24-8-6-7-13-35-24/h3-4,9-10,16,18,24H,1-2,5-8,11-15H2,(H2,29,30,31,32). The van der Waals surface area contributed by atoms with Crippen molar-refractivity contribution >= 4 is 17.5 Å². The van der Waals surface area contributed by atoms with Crippen LogP contribution in [0.2, 0.25) is 0 Å². The van der Waals surface area contributed by atoms with E-state index >= 15 is 0 Å². The summed E-state index contributed by atoms with van der Waals surface area (Å²) in [5.74, 6) is 1.07. The molecule has 1 aliphatic heterocycles. The van der Waals surface area contributed by atoms with Crippen molar-refractivity contribution in [2.75, 3.05) is 43.7 Å². The van der Waals surface area contributed by atoms with Crippen molar-refractivity contribution in [3.63, 3.8) is 0 Å². The Balaban J connectivity index is 1.62. The van der Waals surface area contributed by atoms with Gasteiger partial charge in [-0.2, -0.15) is 10.2 Å². The molecule has 196 valence electrons. The molecule has 1 aromatic carbocycles. The van der Waals surface area contributed by atoms with E-state index in [1.165, 1.54) is 6.20 Å². The molecule has 0 spiro atoms. The van der Waals surface area contributed by atoms with Crippen molar-refractivity contribution in [3.05, 3.63) is 55.4 Å². The van der Waals surface area contributed by atoms with E-state index in [4.69, 9.17) is 23.7 Å². The number of ether oxygens (including phenoxy) is 5. The zero-order chi connectivity index (χ0) is 26.3. The minimum Gasteiger partial charge on any atom is -0.491 e. The average Bonchev–Trinajstić information content (AvgIpc) is 2.91. The second kappa shape index (κ2) is 15.1. The Morgan fingerprint density at radius 3 is 2.81 bits per heavy atom. The van der Waals surface area contributed by atoms with E-state index in [9.17, 15) is 10.1 Å². The van der Waals surface area contributed by atoms with Gasteiger partial charge in [-0.25, -0.2) is 9.78 Å². The van der Waals surface area contributed by atoms with Crippen LogP contribution in [0.3, 0.4) is 0 Å². The smallest absolute Gasteiger partial charge is 0.325 e. The van der Waals surface area contributed by atoms with Crippen molar-refractivity contribution in [1.29, 1.82) is 5.26 Å². The molecule has 0 aliphatic carbocycles. The van der Waals surface area contributed by atoms with Crippen LogP contribution < -0.4 is 24.8 Å². The largest absolute Gasteiger partial charge is 0.491 e. The van der Waals surface area contributed by atoms with Crippen LogP contribution in [-0.2, 0) is 9.47 Å². The number of urea groups is 1. The van der Waals surface area contributed by atoms with Gasteiger partial charge in [0.05, 0.1) is 25.1 Å². The fourth-order valence-corrected chi connectivity index (χ4v) is 3.27. The summed E-state index contributed by atoms with van der Waals surface area (Å²) in [6.45, 7) is 9.19. The number of rotatable bonds is 14. The molecule has 1 saturated heterocycles. The molecule has 2 N–H and O–H groups in total. The van der Waals surface area contributed by atoms with Gasteiger partial charge in [0.25, 0.3) is 5.88 Å². The Hall–Kier alpha value is -4.14. The molecule has 0 bridgehead atoms. The highest BCUT2D eigenvalue weighted by Gasteiger charge is 2.15. The summed E-state index contributed by atoms with van der Waals surface area (Å²) in [7, 11) is 0. The molecular weight excluding hydrogens is 478 g/mol. The minimum absolute atomic E-state index is 0.0130. The van der Waals surface area contributed by atoms with Crippen LogP contribution in [-0.4, -0.2) is 55.3 Å². The van der Waals surface area contributed by atoms with Gasteiger partial charge in [0, 0.05) is 12.7 Å². The van der Waals surface area contributed by atoms with Gasteiger partial charge < -0.3 is 29.0 Å². The van der Waals surface area contributed by atoms with Crippen molar-refractivity contribution in [2.24, 2.45) is 0 Å². The zero-order valence-corrected chi connectivity index (χ0v) is 20.6. The Kier molecular flexibility index (Phi) is 11.2. The van der Waals surface area contributed by atoms with Crippen LogP contribution in [0, 0.1) is 11.3 Å². The molecule has 1 aliphatic rings. The maximum atomic E-state index is 12.7. The Morgan fingerprint density at radius 1 is 1.16 bits per heavy atom. The summed E-state index contributed by atoms with van der Waals surface area (Å²) in [5, 5.41) is 14.5. The van der Waals surface area contributed by atoms with E-state index in [1.807, 2.05) is 6.07 Å². The van der Waals surface area contributed by atoms with Crippen molar-refractivity contribution in [3.8, 4) is 23.4 Å². The fourth-order valence-electron chi connectivity index (χ4n) is 3.27. The molecule has 37 heavy (non-hydrogen) atoms. The first-order valence-electron chi connectivity index (χ1n) is 12.0. The Labute approximate surface area is 216 Å². The number of benzene rings is 1. The maximum absolute atomic E-state index is 12.7. The van der Waals surface area contributed by atoms with Gasteiger partial charge >= 0.3 is 6.03 Å². The third-order valence-electron chi connectivity index (χ3n) is 5.00. The van der Waals surface area contributed by atoms with E-state index in [0.29, 0.717) is 43.4 Å². The molecule has 0 radical (unpaired) electrons. The second-order valence-electron chi connectivity index (χ2n) is 7.80. The highest BCUT2D eigenvalue weighted by atomic mass is 16.7. The molecular formula is C26H31N5O6.